The molecule has 1 aromatic carbocycles. The van der Waals surface area contributed by atoms with Gasteiger partial charge in [0, 0.05) is 12.5 Å². The lowest BCUT2D eigenvalue weighted by Crippen LogP contribution is -2.33. The highest BCUT2D eigenvalue weighted by Gasteiger charge is 2.08. The van der Waals surface area contributed by atoms with Crippen molar-refractivity contribution in [2.45, 2.75) is 45.6 Å². The van der Waals surface area contributed by atoms with E-state index in [9.17, 15) is 9.59 Å². The molecule has 1 rings (SSSR count). The number of carbonyl (C=O) groups is 2. The van der Waals surface area contributed by atoms with Gasteiger partial charge >= 0.3 is 5.97 Å². The second-order valence-corrected chi connectivity index (χ2v) is 4.58. The van der Waals surface area contributed by atoms with E-state index in [2.05, 4.69) is 19.2 Å². The molecular formula is C15H21NO3. The molecular weight excluding hydrogens is 242 g/mol. The van der Waals surface area contributed by atoms with Gasteiger partial charge in [0.2, 0.25) is 5.91 Å². The number of carboxylic acids is 1. The molecule has 0 aliphatic heterocycles. The van der Waals surface area contributed by atoms with E-state index in [0.29, 0.717) is 12.8 Å². The van der Waals surface area contributed by atoms with E-state index in [0.717, 1.165) is 18.4 Å². The van der Waals surface area contributed by atoms with Gasteiger partial charge in [-0.1, -0.05) is 26.0 Å². The quantitative estimate of drug-likeness (QED) is 0.794. The van der Waals surface area contributed by atoms with Crippen molar-refractivity contribution < 1.29 is 14.7 Å². The van der Waals surface area contributed by atoms with Crippen molar-refractivity contribution >= 4 is 11.9 Å². The Balaban J connectivity index is 2.43. The number of benzene rings is 1. The number of nitrogens with one attached hydrogen (secondary N) is 1. The predicted molar refractivity (Wildman–Crippen MR) is 74.2 cm³/mol. The van der Waals surface area contributed by atoms with Gasteiger partial charge in [-0.15, -0.1) is 0 Å². The molecule has 19 heavy (non-hydrogen) atoms. The molecule has 0 unspecified atom stereocenters. The molecule has 0 saturated heterocycles. The third kappa shape index (κ3) is 5.12. The highest BCUT2D eigenvalue weighted by Crippen LogP contribution is 2.07. The van der Waals surface area contributed by atoms with E-state index < -0.39 is 5.97 Å². The molecule has 0 spiro atoms. The minimum Gasteiger partial charge on any atom is -0.478 e. The lowest BCUT2D eigenvalue weighted by Gasteiger charge is -2.14. The van der Waals surface area contributed by atoms with Gasteiger partial charge in [-0.25, -0.2) is 4.79 Å². The number of aryl methyl sites for hydroxylation is 1. The number of amides is 1. The number of hydrogen-bond donors (Lipinski definition) is 2. The average molecular weight is 263 g/mol. The summed E-state index contributed by atoms with van der Waals surface area (Å²) >= 11 is 0. The zero-order valence-corrected chi connectivity index (χ0v) is 11.5. The highest BCUT2D eigenvalue weighted by atomic mass is 16.4. The van der Waals surface area contributed by atoms with Crippen LogP contribution in [0.4, 0.5) is 0 Å². The Morgan fingerprint density at radius 3 is 2.21 bits per heavy atom. The fraction of sp³-hybridized carbons (Fsp3) is 0.467. The van der Waals surface area contributed by atoms with Crippen molar-refractivity contribution in [2.24, 2.45) is 0 Å². The van der Waals surface area contributed by atoms with Gasteiger partial charge in [0.1, 0.15) is 0 Å². The van der Waals surface area contributed by atoms with Crippen LogP contribution in [0.1, 0.15) is 49.0 Å². The molecule has 2 N–H and O–H groups in total. The van der Waals surface area contributed by atoms with Crippen LogP contribution in [0, 0.1) is 0 Å². The summed E-state index contributed by atoms with van der Waals surface area (Å²) in [6, 6.07) is 6.90. The maximum absolute atomic E-state index is 11.7. The van der Waals surface area contributed by atoms with E-state index in [1.807, 2.05) is 0 Å². The summed E-state index contributed by atoms with van der Waals surface area (Å²) < 4.78 is 0. The lowest BCUT2D eigenvalue weighted by molar-refractivity contribution is -0.121. The average Bonchev–Trinajstić information content (AvgIpc) is 2.43. The molecule has 0 fully saturated rings. The van der Waals surface area contributed by atoms with Crippen LogP contribution < -0.4 is 5.32 Å². The lowest BCUT2D eigenvalue weighted by atomic mass is 10.1. The molecule has 0 aliphatic carbocycles. The van der Waals surface area contributed by atoms with Crippen molar-refractivity contribution in [3.05, 3.63) is 35.4 Å². The Morgan fingerprint density at radius 1 is 1.16 bits per heavy atom. The standard InChI is InChI=1S/C15H21NO3/c1-3-13(4-2)16-14(17)10-7-11-5-8-12(9-6-11)15(18)19/h5-6,8-9,13H,3-4,7,10H2,1-2H3,(H,16,17)(H,18,19). The minimum atomic E-state index is -0.932. The van der Waals surface area contributed by atoms with Crippen LogP contribution in [-0.4, -0.2) is 23.0 Å². The molecule has 0 bridgehead atoms. The number of carboxylic acid groups (broad SMARTS) is 1. The predicted octanol–water partition coefficient (Wildman–Crippen LogP) is 2.62. The zero-order valence-electron chi connectivity index (χ0n) is 11.5. The molecule has 0 radical (unpaired) electrons. The number of hydrogen-bond acceptors (Lipinski definition) is 2. The molecule has 4 heteroatoms. The zero-order chi connectivity index (χ0) is 14.3. The first-order valence-electron chi connectivity index (χ1n) is 6.68. The van der Waals surface area contributed by atoms with Gasteiger partial charge in [0.15, 0.2) is 0 Å². The van der Waals surface area contributed by atoms with Gasteiger partial charge in [-0.2, -0.15) is 0 Å². The first-order valence-corrected chi connectivity index (χ1v) is 6.68. The van der Waals surface area contributed by atoms with Crippen molar-refractivity contribution in [3.63, 3.8) is 0 Å². The maximum atomic E-state index is 11.7. The van der Waals surface area contributed by atoms with E-state index in [4.69, 9.17) is 5.11 Å². The van der Waals surface area contributed by atoms with Gasteiger partial charge in [-0.05, 0) is 37.0 Å². The Hall–Kier alpha value is -1.84. The Labute approximate surface area is 113 Å². The normalized spacial score (nSPS) is 10.5. The summed E-state index contributed by atoms with van der Waals surface area (Å²) in [5, 5.41) is 11.8. The van der Waals surface area contributed by atoms with Gasteiger partial charge in [0.05, 0.1) is 5.56 Å². The molecule has 1 aromatic rings. The molecule has 1 amide bonds. The van der Waals surface area contributed by atoms with E-state index in [-0.39, 0.29) is 17.5 Å². The highest BCUT2D eigenvalue weighted by molar-refractivity contribution is 5.87. The second kappa shape index (κ2) is 7.56. The fourth-order valence-corrected chi connectivity index (χ4v) is 1.86. The largest absolute Gasteiger partial charge is 0.478 e. The monoisotopic (exact) mass is 263 g/mol. The van der Waals surface area contributed by atoms with Crippen LogP contribution >= 0.6 is 0 Å². The van der Waals surface area contributed by atoms with Crippen LogP contribution in [0.25, 0.3) is 0 Å². The van der Waals surface area contributed by atoms with Crippen LogP contribution in [0.2, 0.25) is 0 Å². The van der Waals surface area contributed by atoms with E-state index in [1.165, 1.54) is 0 Å². The Kier molecular flexibility index (Phi) is 6.06. The van der Waals surface area contributed by atoms with Gasteiger partial charge in [0.25, 0.3) is 0 Å². The van der Waals surface area contributed by atoms with Crippen molar-refractivity contribution in [2.75, 3.05) is 0 Å². The summed E-state index contributed by atoms with van der Waals surface area (Å²) in [6.07, 6.45) is 2.94. The fourth-order valence-electron chi connectivity index (χ4n) is 1.86. The van der Waals surface area contributed by atoms with Crippen molar-refractivity contribution in [1.29, 1.82) is 0 Å². The van der Waals surface area contributed by atoms with Crippen molar-refractivity contribution in [3.8, 4) is 0 Å². The smallest absolute Gasteiger partial charge is 0.335 e. The third-order valence-electron chi connectivity index (χ3n) is 3.19. The van der Waals surface area contributed by atoms with Crippen LogP contribution in [0.3, 0.4) is 0 Å². The van der Waals surface area contributed by atoms with Gasteiger partial charge < -0.3 is 10.4 Å². The molecule has 0 saturated carbocycles. The SMILES string of the molecule is CCC(CC)NC(=O)CCc1ccc(C(=O)O)cc1. The summed E-state index contributed by atoms with van der Waals surface area (Å²) in [6.45, 7) is 4.11. The number of rotatable bonds is 7. The summed E-state index contributed by atoms with van der Waals surface area (Å²) in [5.74, 6) is -0.881. The van der Waals surface area contributed by atoms with Crippen molar-refractivity contribution in [1.82, 2.24) is 5.32 Å². The number of aromatic carboxylic acids is 1. The van der Waals surface area contributed by atoms with Crippen LogP contribution in [-0.2, 0) is 11.2 Å². The Bertz CT molecular complexity index is 422. The Morgan fingerprint density at radius 2 is 1.74 bits per heavy atom. The summed E-state index contributed by atoms with van der Waals surface area (Å²) in [4.78, 5) is 22.4. The maximum Gasteiger partial charge on any atom is 0.335 e. The van der Waals surface area contributed by atoms with E-state index >= 15 is 0 Å². The molecule has 0 aliphatic rings. The first kappa shape index (κ1) is 15.2. The molecule has 4 nitrogen and oxygen atoms in total. The third-order valence-corrected chi connectivity index (χ3v) is 3.19. The molecule has 0 heterocycles. The van der Waals surface area contributed by atoms with E-state index in [1.54, 1.807) is 24.3 Å². The summed E-state index contributed by atoms with van der Waals surface area (Å²) in [7, 11) is 0. The van der Waals surface area contributed by atoms with Crippen LogP contribution in [0.5, 0.6) is 0 Å². The molecule has 0 aromatic heterocycles. The molecule has 0 atom stereocenters. The second-order valence-electron chi connectivity index (χ2n) is 4.58. The summed E-state index contributed by atoms with van der Waals surface area (Å²) in [5.41, 5.74) is 1.25. The molecule has 104 valence electrons. The van der Waals surface area contributed by atoms with Crippen LogP contribution in [0.15, 0.2) is 24.3 Å². The topological polar surface area (TPSA) is 66.4 Å². The van der Waals surface area contributed by atoms with Gasteiger partial charge in [-0.3, -0.25) is 4.79 Å². The minimum absolute atomic E-state index is 0.0519. The first-order chi connectivity index (χ1) is 9.06. The number of carbonyl (C=O) groups excluding carboxylic acids is 1.